The van der Waals surface area contributed by atoms with Gasteiger partial charge >= 0.3 is 5.97 Å². The summed E-state index contributed by atoms with van der Waals surface area (Å²) < 4.78 is 0. The molecule has 0 radical (unpaired) electrons. The van der Waals surface area contributed by atoms with Crippen molar-refractivity contribution >= 4 is 17.7 Å². The maximum Gasteiger partial charge on any atom is 0.311 e. The molecule has 0 saturated heterocycles. The van der Waals surface area contributed by atoms with Crippen molar-refractivity contribution in [2.24, 2.45) is 5.73 Å². The Morgan fingerprint density at radius 3 is 2.59 bits per heavy atom. The minimum absolute atomic E-state index is 0.183. The molecule has 0 spiro atoms. The fourth-order valence-electron chi connectivity index (χ4n) is 1.47. The molecule has 2 atom stereocenters. The molecule has 17 heavy (non-hydrogen) atoms. The average Bonchev–Trinajstić information content (AvgIpc) is 2.29. The summed E-state index contributed by atoms with van der Waals surface area (Å²) in [4.78, 5) is 11.2. The Morgan fingerprint density at radius 1 is 1.41 bits per heavy atom. The summed E-state index contributed by atoms with van der Waals surface area (Å²) in [6.07, 6.45) is 0.922. The van der Waals surface area contributed by atoms with E-state index in [4.69, 9.17) is 5.73 Å². The first kappa shape index (κ1) is 14.1. The van der Waals surface area contributed by atoms with Gasteiger partial charge in [0.1, 0.15) is 0 Å². The van der Waals surface area contributed by atoms with Gasteiger partial charge in [0.05, 0.1) is 5.92 Å². The first-order valence-electron chi connectivity index (χ1n) is 5.72. The number of carboxylic acid groups (broad SMARTS) is 1. The van der Waals surface area contributed by atoms with Crippen LogP contribution in [0.3, 0.4) is 0 Å². The van der Waals surface area contributed by atoms with E-state index in [2.05, 4.69) is 0 Å². The number of rotatable bonds is 7. The van der Waals surface area contributed by atoms with Crippen LogP contribution in [0.4, 0.5) is 0 Å². The third-order valence-electron chi connectivity index (χ3n) is 2.50. The number of hydrogen-bond acceptors (Lipinski definition) is 3. The summed E-state index contributed by atoms with van der Waals surface area (Å²) in [6.45, 7) is 1.96. The van der Waals surface area contributed by atoms with E-state index in [0.717, 1.165) is 17.7 Å². The molecule has 0 bridgehead atoms. The molecule has 2 unspecified atom stereocenters. The molecule has 0 saturated carbocycles. The highest BCUT2D eigenvalue weighted by atomic mass is 32.2. The molecular weight excluding hydrogens is 234 g/mol. The third kappa shape index (κ3) is 5.24. The van der Waals surface area contributed by atoms with E-state index < -0.39 is 11.9 Å². The van der Waals surface area contributed by atoms with Crippen LogP contribution in [0.1, 0.15) is 24.8 Å². The van der Waals surface area contributed by atoms with E-state index in [-0.39, 0.29) is 6.04 Å². The summed E-state index contributed by atoms with van der Waals surface area (Å²) in [6, 6.07) is 9.56. The monoisotopic (exact) mass is 253 g/mol. The van der Waals surface area contributed by atoms with Crippen LogP contribution in [0.5, 0.6) is 0 Å². The van der Waals surface area contributed by atoms with Gasteiger partial charge in [-0.2, -0.15) is 11.8 Å². The number of aliphatic carboxylic acids is 1. The Bertz CT molecular complexity index is 341. The number of thioether (sulfide) groups is 1. The van der Waals surface area contributed by atoms with Gasteiger partial charge in [-0.3, -0.25) is 4.79 Å². The largest absolute Gasteiger partial charge is 0.481 e. The van der Waals surface area contributed by atoms with Gasteiger partial charge in [0.25, 0.3) is 0 Å². The second-order valence-corrected chi connectivity index (χ2v) is 5.29. The molecule has 0 heterocycles. The Balaban J connectivity index is 2.48. The van der Waals surface area contributed by atoms with E-state index >= 15 is 0 Å². The fraction of sp³-hybridized carbons (Fsp3) is 0.462. The van der Waals surface area contributed by atoms with Crippen molar-refractivity contribution in [2.45, 2.75) is 25.3 Å². The molecule has 0 amide bonds. The minimum atomic E-state index is -0.760. The predicted octanol–water partition coefficient (Wildman–Crippen LogP) is 2.33. The van der Waals surface area contributed by atoms with Crippen LogP contribution in [-0.4, -0.2) is 28.6 Å². The molecular formula is C13H19NO2S. The van der Waals surface area contributed by atoms with Crippen LogP contribution in [-0.2, 0) is 4.79 Å². The molecule has 1 aromatic rings. The quantitative estimate of drug-likeness (QED) is 0.732. The van der Waals surface area contributed by atoms with Crippen LogP contribution in [0.15, 0.2) is 30.3 Å². The highest BCUT2D eigenvalue weighted by molar-refractivity contribution is 7.99. The van der Waals surface area contributed by atoms with Gasteiger partial charge in [0.2, 0.25) is 0 Å². The maximum atomic E-state index is 11.2. The molecule has 4 heteroatoms. The van der Waals surface area contributed by atoms with Crippen LogP contribution >= 0.6 is 11.8 Å². The third-order valence-corrected chi connectivity index (χ3v) is 3.60. The average molecular weight is 253 g/mol. The molecule has 0 fully saturated rings. The first-order valence-corrected chi connectivity index (χ1v) is 6.87. The van der Waals surface area contributed by atoms with Gasteiger partial charge in [-0.25, -0.2) is 0 Å². The lowest BCUT2D eigenvalue weighted by Gasteiger charge is -2.12. The lowest BCUT2D eigenvalue weighted by Crippen LogP contribution is -2.17. The fourth-order valence-corrected chi connectivity index (χ4v) is 2.74. The van der Waals surface area contributed by atoms with Crippen molar-refractivity contribution in [3.8, 4) is 0 Å². The lowest BCUT2D eigenvalue weighted by molar-refractivity contribution is -0.138. The minimum Gasteiger partial charge on any atom is -0.481 e. The van der Waals surface area contributed by atoms with Gasteiger partial charge in [-0.05, 0) is 24.7 Å². The predicted molar refractivity (Wildman–Crippen MR) is 72.4 cm³/mol. The molecule has 1 aromatic carbocycles. The van der Waals surface area contributed by atoms with Gasteiger partial charge in [-0.15, -0.1) is 0 Å². The second-order valence-electron chi connectivity index (χ2n) is 4.14. The molecule has 94 valence electrons. The van der Waals surface area contributed by atoms with Crippen molar-refractivity contribution < 1.29 is 9.90 Å². The van der Waals surface area contributed by atoms with Crippen LogP contribution < -0.4 is 5.73 Å². The zero-order chi connectivity index (χ0) is 12.7. The van der Waals surface area contributed by atoms with E-state index in [9.17, 15) is 9.90 Å². The first-order chi connectivity index (χ1) is 8.11. The van der Waals surface area contributed by atoms with Crippen molar-refractivity contribution in [3.05, 3.63) is 35.9 Å². The summed E-state index contributed by atoms with van der Waals surface area (Å²) in [5.74, 6) is 0.333. The zero-order valence-corrected chi connectivity index (χ0v) is 10.8. The van der Waals surface area contributed by atoms with Crippen molar-refractivity contribution in [3.63, 3.8) is 0 Å². The van der Waals surface area contributed by atoms with Crippen LogP contribution in [0, 0.1) is 0 Å². The Hall–Kier alpha value is -1.00. The highest BCUT2D eigenvalue weighted by Gasteiger charge is 2.19. The molecule has 3 N–H and O–H groups in total. The summed E-state index contributed by atoms with van der Waals surface area (Å²) in [5.41, 5.74) is 6.52. The maximum absolute atomic E-state index is 11.2. The summed E-state index contributed by atoms with van der Waals surface area (Å²) in [5, 5.41) is 9.20. The Labute approximate surface area is 106 Å². The normalized spacial score (nSPS) is 14.2. The van der Waals surface area contributed by atoms with Gasteiger partial charge in [0, 0.05) is 11.8 Å². The molecule has 1 rings (SSSR count). The van der Waals surface area contributed by atoms with Crippen molar-refractivity contribution in [1.82, 2.24) is 0 Å². The van der Waals surface area contributed by atoms with Gasteiger partial charge < -0.3 is 10.8 Å². The van der Waals surface area contributed by atoms with Gasteiger partial charge in [-0.1, -0.05) is 30.3 Å². The molecule has 0 aliphatic carbocycles. The van der Waals surface area contributed by atoms with Crippen molar-refractivity contribution in [1.29, 1.82) is 0 Å². The number of benzene rings is 1. The van der Waals surface area contributed by atoms with Crippen LogP contribution in [0.2, 0.25) is 0 Å². The van der Waals surface area contributed by atoms with Crippen LogP contribution in [0.25, 0.3) is 0 Å². The van der Waals surface area contributed by atoms with E-state index in [0.29, 0.717) is 5.75 Å². The smallest absolute Gasteiger partial charge is 0.311 e. The number of carbonyl (C=O) groups is 1. The standard InChI is InChI=1S/C13H19NO2S/c1-10(14)7-8-17-9-12(13(15)16)11-5-3-2-4-6-11/h2-6,10,12H,7-9,14H2,1H3,(H,15,16). The number of nitrogens with two attached hydrogens (primary N) is 1. The molecule has 0 aliphatic rings. The number of hydrogen-bond donors (Lipinski definition) is 2. The van der Waals surface area contributed by atoms with E-state index in [1.807, 2.05) is 37.3 Å². The van der Waals surface area contributed by atoms with Crippen molar-refractivity contribution in [2.75, 3.05) is 11.5 Å². The summed E-state index contributed by atoms with van der Waals surface area (Å²) in [7, 11) is 0. The second kappa shape index (κ2) is 7.35. The Kier molecular flexibility index (Phi) is 6.08. The van der Waals surface area contributed by atoms with E-state index in [1.165, 1.54) is 0 Å². The Morgan fingerprint density at radius 2 is 2.06 bits per heavy atom. The highest BCUT2D eigenvalue weighted by Crippen LogP contribution is 2.21. The SMILES string of the molecule is CC(N)CCSCC(C(=O)O)c1ccccc1. The topological polar surface area (TPSA) is 63.3 Å². The molecule has 3 nitrogen and oxygen atoms in total. The van der Waals surface area contributed by atoms with Gasteiger partial charge in [0.15, 0.2) is 0 Å². The molecule has 0 aromatic heterocycles. The number of carboxylic acids is 1. The summed E-state index contributed by atoms with van der Waals surface area (Å²) >= 11 is 1.65. The molecule has 0 aliphatic heterocycles. The van der Waals surface area contributed by atoms with E-state index in [1.54, 1.807) is 11.8 Å². The zero-order valence-electron chi connectivity index (χ0n) is 10.0. The lowest BCUT2D eigenvalue weighted by atomic mass is 10.0.